The third-order valence-electron chi connectivity index (χ3n) is 2.75. The molecule has 18 heavy (non-hydrogen) atoms. The van der Waals surface area contributed by atoms with Crippen LogP contribution in [0.4, 0.5) is 0 Å². The molecule has 0 saturated heterocycles. The van der Waals surface area contributed by atoms with Crippen LogP contribution in [0, 0.1) is 11.3 Å². The molecule has 4 heteroatoms. The fourth-order valence-corrected chi connectivity index (χ4v) is 2.06. The summed E-state index contributed by atoms with van der Waals surface area (Å²) in [6.07, 6.45) is 1.98. The first-order chi connectivity index (χ1) is 8.69. The lowest BCUT2D eigenvalue weighted by Crippen LogP contribution is -2.12. The molecule has 0 amide bonds. The van der Waals surface area contributed by atoms with Crippen LogP contribution in [0.15, 0.2) is 41.0 Å². The summed E-state index contributed by atoms with van der Waals surface area (Å²) < 4.78 is 2.93. The van der Waals surface area contributed by atoms with Gasteiger partial charge in [0.05, 0.1) is 0 Å². The second-order valence-corrected chi connectivity index (χ2v) is 5.10. The Morgan fingerprint density at radius 2 is 1.89 bits per heavy atom. The first kappa shape index (κ1) is 12.9. The summed E-state index contributed by atoms with van der Waals surface area (Å²) in [5.74, 6) is 0. The molecule has 92 valence electrons. The van der Waals surface area contributed by atoms with Crippen LogP contribution in [0.3, 0.4) is 0 Å². The third-order valence-corrected chi connectivity index (χ3v) is 3.28. The van der Waals surface area contributed by atoms with Crippen LogP contribution in [-0.2, 0) is 20.1 Å². The van der Waals surface area contributed by atoms with Gasteiger partial charge in [-0.1, -0.05) is 28.1 Å². The first-order valence-corrected chi connectivity index (χ1v) is 6.49. The van der Waals surface area contributed by atoms with Gasteiger partial charge in [0.25, 0.3) is 0 Å². The maximum atomic E-state index is 8.87. The van der Waals surface area contributed by atoms with Gasteiger partial charge in [-0.15, -0.1) is 0 Å². The van der Waals surface area contributed by atoms with E-state index in [0.29, 0.717) is 5.69 Å². The molecule has 0 fully saturated rings. The average molecular weight is 304 g/mol. The van der Waals surface area contributed by atoms with Gasteiger partial charge in [-0.05, 0) is 29.3 Å². The number of benzene rings is 1. The van der Waals surface area contributed by atoms with Crippen molar-refractivity contribution in [3.05, 3.63) is 57.8 Å². The molecule has 0 aliphatic rings. The molecule has 0 aliphatic heterocycles. The molecular weight excluding hydrogens is 290 g/mol. The Hall–Kier alpha value is -1.57. The molecule has 2 aromatic rings. The summed E-state index contributed by atoms with van der Waals surface area (Å²) in [6.45, 7) is 1.59. The summed E-state index contributed by atoms with van der Waals surface area (Å²) in [4.78, 5) is 0. The Labute approximate surface area is 115 Å². The van der Waals surface area contributed by atoms with E-state index < -0.39 is 0 Å². The molecular formula is C14H14BrN3. The van der Waals surface area contributed by atoms with E-state index in [-0.39, 0.29) is 0 Å². The van der Waals surface area contributed by atoms with Gasteiger partial charge in [0.2, 0.25) is 0 Å². The highest BCUT2D eigenvalue weighted by Gasteiger charge is 2.01. The molecule has 2 rings (SSSR count). The Morgan fingerprint density at radius 1 is 1.22 bits per heavy atom. The molecule has 0 saturated carbocycles. The summed E-state index contributed by atoms with van der Waals surface area (Å²) in [7, 11) is 1.89. The fourth-order valence-electron chi connectivity index (χ4n) is 1.79. The highest BCUT2D eigenvalue weighted by atomic mass is 79.9. The number of nitriles is 1. The number of hydrogen-bond acceptors (Lipinski definition) is 2. The van der Waals surface area contributed by atoms with Crippen LogP contribution in [-0.4, -0.2) is 4.57 Å². The number of nitrogens with one attached hydrogen (secondary N) is 1. The van der Waals surface area contributed by atoms with E-state index in [4.69, 9.17) is 5.26 Å². The van der Waals surface area contributed by atoms with E-state index in [1.165, 1.54) is 5.56 Å². The molecule has 1 heterocycles. The Balaban J connectivity index is 1.88. The monoisotopic (exact) mass is 303 g/mol. The molecule has 3 nitrogen and oxygen atoms in total. The number of aromatic nitrogens is 1. The van der Waals surface area contributed by atoms with Crippen molar-refractivity contribution >= 4 is 15.9 Å². The zero-order valence-electron chi connectivity index (χ0n) is 10.2. The first-order valence-electron chi connectivity index (χ1n) is 5.69. The van der Waals surface area contributed by atoms with Crippen LogP contribution in [0.2, 0.25) is 0 Å². The van der Waals surface area contributed by atoms with Gasteiger partial charge < -0.3 is 9.88 Å². The molecule has 0 spiro atoms. The Bertz CT molecular complexity index is 564. The topological polar surface area (TPSA) is 40.8 Å². The summed E-state index contributed by atoms with van der Waals surface area (Å²) in [6, 6.07) is 12.3. The molecule has 0 radical (unpaired) electrons. The minimum atomic E-state index is 0.690. The highest BCUT2D eigenvalue weighted by molar-refractivity contribution is 9.10. The van der Waals surface area contributed by atoms with Crippen LogP contribution in [0.25, 0.3) is 0 Å². The van der Waals surface area contributed by atoms with Gasteiger partial charge in [0.1, 0.15) is 11.8 Å². The molecule has 1 aromatic carbocycles. The second-order valence-electron chi connectivity index (χ2n) is 4.19. The summed E-state index contributed by atoms with van der Waals surface area (Å²) >= 11 is 3.42. The predicted octanol–water partition coefficient (Wildman–Crippen LogP) is 2.95. The van der Waals surface area contributed by atoms with Crippen molar-refractivity contribution in [3.63, 3.8) is 0 Å². The Kier molecular flexibility index (Phi) is 4.19. The molecule has 0 atom stereocenters. The van der Waals surface area contributed by atoms with Crippen molar-refractivity contribution in [2.45, 2.75) is 13.1 Å². The van der Waals surface area contributed by atoms with E-state index in [9.17, 15) is 0 Å². The minimum Gasteiger partial charge on any atom is -0.342 e. The van der Waals surface area contributed by atoms with Crippen molar-refractivity contribution in [3.8, 4) is 6.07 Å². The normalized spacial score (nSPS) is 10.3. The van der Waals surface area contributed by atoms with E-state index in [1.807, 2.05) is 36.0 Å². The number of aryl methyl sites for hydroxylation is 1. The van der Waals surface area contributed by atoms with Gasteiger partial charge in [0, 0.05) is 30.8 Å². The quantitative estimate of drug-likeness (QED) is 0.943. The molecule has 1 N–H and O–H groups in total. The fraction of sp³-hybridized carbons (Fsp3) is 0.214. The average Bonchev–Trinajstić information content (AvgIpc) is 2.72. The zero-order valence-corrected chi connectivity index (χ0v) is 11.7. The summed E-state index contributed by atoms with van der Waals surface area (Å²) in [5, 5.41) is 12.2. The van der Waals surface area contributed by atoms with Crippen molar-refractivity contribution < 1.29 is 0 Å². The lowest BCUT2D eigenvalue weighted by Gasteiger charge is -2.03. The van der Waals surface area contributed by atoms with Crippen LogP contribution >= 0.6 is 15.9 Å². The maximum absolute atomic E-state index is 8.87. The molecule has 0 bridgehead atoms. The zero-order chi connectivity index (χ0) is 13.0. The number of hydrogen-bond donors (Lipinski definition) is 1. The Morgan fingerprint density at radius 3 is 2.50 bits per heavy atom. The molecule has 1 aromatic heterocycles. The number of halogens is 1. The minimum absolute atomic E-state index is 0.690. The van der Waals surface area contributed by atoms with Crippen molar-refractivity contribution in [2.75, 3.05) is 0 Å². The predicted molar refractivity (Wildman–Crippen MR) is 74.8 cm³/mol. The van der Waals surface area contributed by atoms with Gasteiger partial charge in [-0.2, -0.15) is 5.26 Å². The lowest BCUT2D eigenvalue weighted by atomic mass is 10.2. The number of nitrogens with zero attached hydrogens (tertiary/aromatic N) is 2. The lowest BCUT2D eigenvalue weighted by molar-refractivity contribution is 0.692. The van der Waals surface area contributed by atoms with Crippen LogP contribution in [0.5, 0.6) is 0 Å². The van der Waals surface area contributed by atoms with Crippen LogP contribution < -0.4 is 5.32 Å². The van der Waals surface area contributed by atoms with Gasteiger partial charge >= 0.3 is 0 Å². The van der Waals surface area contributed by atoms with Crippen molar-refractivity contribution in [1.82, 2.24) is 9.88 Å². The standard InChI is InChI=1S/C14H14BrN3/c1-18-10-12(6-14(18)7-16)9-17-8-11-2-4-13(15)5-3-11/h2-6,10,17H,8-9H2,1H3. The SMILES string of the molecule is Cn1cc(CNCc2ccc(Br)cc2)cc1C#N. The van der Waals surface area contributed by atoms with E-state index in [0.717, 1.165) is 23.1 Å². The highest BCUT2D eigenvalue weighted by Crippen LogP contribution is 2.11. The maximum Gasteiger partial charge on any atom is 0.120 e. The van der Waals surface area contributed by atoms with Gasteiger partial charge in [-0.3, -0.25) is 0 Å². The smallest absolute Gasteiger partial charge is 0.120 e. The second kappa shape index (κ2) is 5.85. The van der Waals surface area contributed by atoms with E-state index >= 15 is 0 Å². The van der Waals surface area contributed by atoms with E-state index in [2.05, 4.69) is 39.4 Å². The molecule has 0 aliphatic carbocycles. The van der Waals surface area contributed by atoms with Crippen molar-refractivity contribution in [1.29, 1.82) is 5.26 Å². The largest absolute Gasteiger partial charge is 0.342 e. The van der Waals surface area contributed by atoms with Gasteiger partial charge in [-0.25, -0.2) is 0 Å². The molecule has 0 unspecified atom stereocenters. The summed E-state index contributed by atoms with van der Waals surface area (Å²) in [5.41, 5.74) is 3.07. The van der Waals surface area contributed by atoms with Crippen molar-refractivity contribution in [2.24, 2.45) is 7.05 Å². The third kappa shape index (κ3) is 3.22. The van der Waals surface area contributed by atoms with E-state index in [1.54, 1.807) is 0 Å². The van der Waals surface area contributed by atoms with Gasteiger partial charge in [0.15, 0.2) is 0 Å². The number of rotatable bonds is 4. The van der Waals surface area contributed by atoms with Crippen LogP contribution in [0.1, 0.15) is 16.8 Å².